The number of halogens is 2. The van der Waals surface area contributed by atoms with E-state index in [0.717, 1.165) is 24.1 Å². The van der Waals surface area contributed by atoms with Crippen LogP contribution in [0, 0.1) is 16.0 Å². The summed E-state index contributed by atoms with van der Waals surface area (Å²) in [6, 6.07) is 12.3. The topological polar surface area (TPSA) is 98.5 Å². The molecule has 1 aliphatic heterocycles. The Labute approximate surface area is 160 Å². The van der Waals surface area contributed by atoms with Gasteiger partial charge in [-0.05, 0) is 24.1 Å². The van der Waals surface area contributed by atoms with Crippen LogP contribution in [0.25, 0.3) is 0 Å². The van der Waals surface area contributed by atoms with E-state index in [1.54, 1.807) is 0 Å². The number of nitro groups is 1. The van der Waals surface area contributed by atoms with Crippen LogP contribution in [0.5, 0.6) is 0 Å². The molecule has 2 unspecified atom stereocenters. The van der Waals surface area contributed by atoms with Gasteiger partial charge in [0.25, 0.3) is 5.69 Å². The lowest BCUT2D eigenvalue weighted by molar-refractivity contribution is -0.384. The van der Waals surface area contributed by atoms with Crippen molar-refractivity contribution in [3.63, 3.8) is 0 Å². The number of alkyl halides is 2. The van der Waals surface area contributed by atoms with Crippen molar-refractivity contribution in [3.8, 4) is 0 Å². The highest BCUT2D eigenvalue weighted by atomic mass is 32.2. The van der Waals surface area contributed by atoms with Crippen LogP contribution in [-0.2, 0) is 14.6 Å². The Morgan fingerprint density at radius 3 is 2.57 bits per heavy atom. The molecule has 0 spiro atoms. The first-order valence-corrected chi connectivity index (χ1v) is 10.1. The number of nitrogens with zero attached hydrogens (tertiary/aromatic N) is 1. The predicted molar refractivity (Wildman–Crippen MR) is 98.0 cm³/mol. The van der Waals surface area contributed by atoms with Crippen molar-refractivity contribution < 1.29 is 26.9 Å². The minimum atomic E-state index is -4.91. The molecular formula is C18H18F2N2O5S. The maximum absolute atomic E-state index is 12.7. The standard InChI is InChI=1S/C18H18F2N2O5S/c19-18(20)28(25,26)14-6-7-15(16(10-14)22(23)24)21-11-13-8-9-27-17(13)12-4-2-1-3-5-12/h1-7,10,13,17-18,21H,8-9,11H2. The van der Waals surface area contributed by atoms with E-state index in [-0.39, 0.29) is 17.7 Å². The summed E-state index contributed by atoms with van der Waals surface area (Å²) in [6.45, 7) is 0.904. The number of nitrogens with one attached hydrogen (secondary N) is 1. The first kappa shape index (κ1) is 20.2. The minimum Gasteiger partial charge on any atom is -0.379 e. The van der Waals surface area contributed by atoms with Gasteiger partial charge >= 0.3 is 5.76 Å². The summed E-state index contributed by atoms with van der Waals surface area (Å²) in [5.74, 6) is -3.60. The van der Waals surface area contributed by atoms with Crippen molar-refractivity contribution in [1.29, 1.82) is 0 Å². The second-order valence-corrected chi connectivity index (χ2v) is 8.29. The maximum atomic E-state index is 12.7. The molecule has 3 rings (SSSR count). The van der Waals surface area contributed by atoms with Crippen molar-refractivity contribution in [3.05, 3.63) is 64.2 Å². The van der Waals surface area contributed by atoms with E-state index in [2.05, 4.69) is 5.32 Å². The van der Waals surface area contributed by atoms with Gasteiger partial charge in [-0.1, -0.05) is 30.3 Å². The molecule has 2 aromatic rings. The quantitative estimate of drug-likeness (QED) is 0.549. The highest BCUT2D eigenvalue weighted by Crippen LogP contribution is 2.36. The molecule has 0 radical (unpaired) electrons. The third-order valence-electron chi connectivity index (χ3n) is 4.63. The number of sulfone groups is 1. The smallest absolute Gasteiger partial charge is 0.341 e. The maximum Gasteiger partial charge on any atom is 0.341 e. The Morgan fingerprint density at radius 1 is 1.21 bits per heavy atom. The summed E-state index contributed by atoms with van der Waals surface area (Å²) in [5, 5.41) is 14.3. The molecule has 10 heteroatoms. The van der Waals surface area contributed by atoms with E-state index < -0.39 is 31.1 Å². The molecule has 28 heavy (non-hydrogen) atoms. The van der Waals surface area contributed by atoms with Crippen molar-refractivity contribution in [2.45, 2.75) is 23.2 Å². The number of anilines is 1. The lowest BCUT2D eigenvalue weighted by Crippen LogP contribution is -2.18. The molecule has 1 saturated heterocycles. The Balaban J connectivity index is 1.80. The van der Waals surface area contributed by atoms with Gasteiger partial charge < -0.3 is 10.1 Å². The van der Waals surface area contributed by atoms with Crippen LogP contribution < -0.4 is 5.32 Å². The largest absolute Gasteiger partial charge is 0.379 e. The van der Waals surface area contributed by atoms with E-state index in [0.29, 0.717) is 19.2 Å². The summed E-state index contributed by atoms with van der Waals surface area (Å²) in [6.07, 6.45) is 0.587. The van der Waals surface area contributed by atoms with Gasteiger partial charge in [-0.3, -0.25) is 10.1 Å². The number of hydrogen-bond donors (Lipinski definition) is 1. The second kappa shape index (κ2) is 8.19. The lowest BCUT2D eigenvalue weighted by Gasteiger charge is -2.20. The average Bonchev–Trinajstić information content (AvgIpc) is 3.15. The molecule has 2 atom stereocenters. The number of rotatable bonds is 7. The Bertz CT molecular complexity index is 954. The fraction of sp³-hybridized carbons (Fsp3) is 0.333. The third kappa shape index (κ3) is 4.12. The summed E-state index contributed by atoms with van der Waals surface area (Å²) < 4.78 is 54.3. The highest BCUT2D eigenvalue weighted by molar-refractivity contribution is 7.91. The van der Waals surface area contributed by atoms with Crippen LogP contribution in [0.15, 0.2) is 53.4 Å². The normalized spacial score (nSPS) is 19.7. The van der Waals surface area contributed by atoms with Gasteiger partial charge in [-0.15, -0.1) is 0 Å². The highest BCUT2D eigenvalue weighted by Gasteiger charge is 2.31. The SMILES string of the molecule is O=[N+]([O-])c1cc(S(=O)(=O)C(F)F)ccc1NCC1CCOC1c1ccccc1. The Morgan fingerprint density at radius 2 is 1.93 bits per heavy atom. The third-order valence-corrected chi connectivity index (χ3v) is 6.01. The monoisotopic (exact) mass is 412 g/mol. The molecule has 0 aromatic heterocycles. The molecule has 2 aromatic carbocycles. The fourth-order valence-electron chi connectivity index (χ4n) is 3.19. The van der Waals surface area contributed by atoms with E-state index in [1.807, 2.05) is 30.3 Å². The first-order valence-electron chi connectivity index (χ1n) is 8.51. The molecule has 1 fully saturated rings. The van der Waals surface area contributed by atoms with Gasteiger partial charge in [0.05, 0.1) is 15.9 Å². The van der Waals surface area contributed by atoms with Gasteiger partial charge in [0.2, 0.25) is 9.84 Å². The van der Waals surface area contributed by atoms with Gasteiger partial charge in [0.15, 0.2) is 0 Å². The van der Waals surface area contributed by atoms with E-state index >= 15 is 0 Å². The number of nitro benzene ring substituents is 1. The molecule has 0 saturated carbocycles. The first-order chi connectivity index (χ1) is 13.3. The number of hydrogen-bond acceptors (Lipinski definition) is 6. The van der Waals surface area contributed by atoms with Crippen molar-refractivity contribution in [2.75, 3.05) is 18.5 Å². The fourth-order valence-corrected chi connectivity index (χ4v) is 3.93. The molecule has 0 amide bonds. The predicted octanol–water partition coefficient (Wildman–Crippen LogP) is 3.78. The molecular weight excluding hydrogens is 394 g/mol. The van der Waals surface area contributed by atoms with Gasteiger partial charge in [0.1, 0.15) is 5.69 Å². The molecule has 0 aliphatic carbocycles. The second-order valence-electron chi connectivity index (χ2n) is 6.37. The van der Waals surface area contributed by atoms with Crippen LogP contribution in [0.4, 0.5) is 20.2 Å². The zero-order valence-electron chi connectivity index (χ0n) is 14.6. The molecule has 1 heterocycles. The Hall–Kier alpha value is -2.59. The zero-order valence-corrected chi connectivity index (χ0v) is 15.4. The van der Waals surface area contributed by atoms with Crippen LogP contribution in [-0.4, -0.2) is 32.3 Å². The average molecular weight is 412 g/mol. The lowest BCUT2D eigenvalue weighted by atomic mass is 9.95. The molecule has 1 N–H and O–H groups in total. The van der Waals surface area contributed by atoms with Crippen molar-refractivity contribution >= 4 is 21.2 Å². The molecule has 0 bridgehead atoms. The molecule has 150 valence electrons. The van der Waals surface area contributed by atoms with Gasteiger partial charge in [-0.2, -0.15) is 8.78 Å². The van der Waals surface area contributed by atoms with Crippen LogP contribution in [0.2, 0.25) is 0 Å². The zero-order chi connectivity index (χ0) is 20.3. The summed E-state index contributed by atoms with van der Waals surface area (Å²) in [4.78, 5) is 9.73. The van der Waals surface area contributed by atoms with Crippen LogP contribution in [0.1, 0.15) is 18.1 Å². The minimum absolute atomic E-state index is 0.0477. The summed E-state index contributed by atoms with van der Waals surface area (Å²) in [5.41, 5.74) is 0.494. The van der Waals surface area contributed by atoms with Gasteiger partial charge in [0, 0.05) is 25.1 Å². The summed E-state index contributed by atoms with van der Waals surface area (Å²) >= 11 is 0. The molecule has 7 nitrogen and oxygen atoms in total. The number of ether oxygens (including phenoxy) is 1. The summed E-state index contributed by atoms with van der Waals surface area (Å²) in [7, 11) is -4.91. The number of benzene rings is 2. The molecule has 1 aliphatic rings. The van der Waals surface area contributed by atoms with Gasteiger partial charge in [-0.25, -0.2) is 8.42 Å². The van der Waals surface area contributed by atoms with E-state index in [1.165, 1.54) is 0 Å². The Kier molecular flexibility index (Phi) is 5.90. The van der Waals surface area contributed by atoms with Crippen LogP contribution in [0.3, 0.4) is 0 Å². The van der Waals surface area contributed by atoms with Crippen molar-refractivity contribution in [2.24, 2.45) is 5.92 Å². The van der Waals surface area contributed by atoms with E-state index in [9.17, 15) is 27.3 Å². The van der Waals surface area contributed by atoms with E-state index in [4.69, 9.17) is 4.74 Å². The van der Waals surface area contributed by atoms with Crippen LogP contribution >= 0.6 is 0 Å². The van der Waals surface area contributed by atoms with Crippen molar-refractivity contribution in [1.82, 2.24) is 0 Å².